The number of hydrogen-bond donors (Lipinski definition) is 2. The molecule has 106 valence electrons. The van der Waals surface area contributed by atoms with E-state index in [1.165, 1.54) is 60.3 Å². The maximum atomic E-state index is 3.68. The monoisotopic (exact) mass is 260 g/mol. The van der Waals surface area contributed by atoms with Crippen LogP contribution in [0.25, 0.3) is 0 Å². The zero-order chi connectivity index (χ0) is 13.8. The second-order valence-electron chi connectivity index (χ2n) is 6.06. The lowest BCUT2D eigenvalue weighted by atomic mass is 9.95. The van der Waals surface area contributed by atoms with Crippen LogP contribution in [-0.4, -0.2) is 19.6 Å². The van der Waals surface area contributed by atoms with Crippen molar-refractivity contribution in [2.45, 2.75) is 47.0 Å². The molecule has 1 fully saturated rings. The average Bonchev–Trinajstić information content (AvgIpc) is 2.42. The number of nitrogens with one attached hydrogen (secondary N) is 2. The molecule has 1 unspecified atom stereocenters. The number of piperidine rings is 1. The van der Waals surface area contributed by atoms with E-state index < -0.39 is 0 Å². The molecule has 2 rings (SSSR count). The fraction of sp³-hybridized carbons (Fsp3) is 0.647. The molecule has 1 aromatic rings. The van der Waals surface area contributed by atoms with Gasteiger partial charge >= 0.3 is 0 Å². The molecule has 1 heterocycles. The largest absolute Gasteiger partial charge is 0.385 e. The minimum absolute atomic E-state index is 0.854. The Kier molecular flexibility index (Phi) is 4.87. The molecule has 0 amide bonds. The molecule has 2 nitrogen and oxygen atoms in total. The van der Waals surface area contributed by atoms with E-state index in [0.717, 1.165) is 12.5 Å². The molecule has 2 N–H and O–H groups in total. The molecule has 0 aliphatic carbocycles. The van der Waals surface area contributed by atoms with Crippen LogP contribution in [0.5, 0.6) is 0 Å². The quantitative estimate of drug-likeness (QED) is 0.862. The lowest BCUT2D eigenvalue weighted by molar-refractivity contribution is 0.364. The summed E-state index contributed by atoms with van der Waals surface area (Å²) in [4.78, 5) is 0. The topological polar surface area (TPSA) is 24.1 Å². The van der Waals surface area contributed by atoms with Crippen molar-refractivity contribution in [1.82, 2.24) is 5.32 Å². The van der Waals surface area contributed by atoms with Crippen LogP contribution < -0.4 is 10.6 Å². The van der Waals surface area contributed by atoms with Crippen molar-refractivity contribution in [3.8, 4) is 0 Å². The van der Waals surface area contributed by atoms with Crippen LogP contribution in [0.3, 0.4) is 0 Å². The Morgan fingerprint density at radius 3 is 2.42 bits per heavy atom. The summed E-state index contributed by atoms with van der Waals surface area (Å²) in [5.74, 6) is 0.854. The first-order valence-electron chi connectivity index (χ1n) is 7.61. The third-order valence-corrected chi connectivity index (χ3v) is 4.62. The van der Waals surface area contributed by atoms with Gasteiger partial charge in [0.25, 0.3) is 0 Å². The normalized spacial score (nSPS) is 19.5. The first-order valence-corrected chi connectivity index (χ1v) is 7.61. The molecule has 0 aromatic heterocycles. The summed E-state index contributed by atoms with van der Waals surface area (Å²) in [5, 5.41) is 7.18. The van der Waals surface area contributed by atoms with Gasteiger partial charge in [0.1, 0.15) is 0 Å². The van der Waals surface area contributed by atoms with E-state index in [2.05, 4.69) is 44.4 Å². The van der Waals surface area contributed by atoms with Gasteiger partial charge < -0.3 is 10.6 Å². The highest BCUT2D eigenvalue weighted by Crippen LogP contribution is 2.26. The summed E-state index contributed by atoms with van der Waals surface area (Å²) >= 11 is 0. The van der Waals surface area contributed by atoms with Gasteiger partial charge in [0.2, 0.25) is 0 Å². The van der Waals surface area contributed by atoms with Crippen molar-refractivity contribution in [3.63, 3.8) is 0 Å². The van der Waals surface area contributed by atoms with Crippen molar-refractivity contribution < 1.29 is 0 Å². The van der Waals surface area contributed by atoms with E-state index in [4.69, 9.17) is 0 Å². The maximum Gasteiger partial charge on any atom is 0.0404 e. The van der Waals surface area contributed by atoms with Crippen LogP contribution >= 0.6 is 0 Å². The van der Waals surface area contributed by atoms with Gasteiger partial charge in [0.05, 0.1) is 0 Å². The van der Waals surface area contributed by atoms with E-state index in [1.54, 1.807) is 0 Å². The Morgan fingerprint density at radius 2 is 1.84 bits per heavy atom. The molecule has 0 radical (unpaired) electrons. The summed E-state index contributed by atoms with van der Waals surface area (Å²) < 4.78 is 0. The highest BCUT2D eigenvalue weighted by atomic mass is 14.9. The zero-order valence-electron chi connectivity index (χ0n) is 12.9. The second kappa shape index (κ2) is 6.42. The SMILES string of the molecule is Cc1cc(C)c(C)c(NCCC2CCCNC2)c1C. The van der Waals surface area contributed by atoms with Gasteiger partial charge in [-0.25, -0.2) is 0 Å². The fourth-order valence-electron chi connectivity index (χ4n) is 3.05. The Hall–Kier alpha value is -1.02. The number of aryl methyl sites for hydroxylation is 2. The van der Waals surface area contributed by atoms with Gasteiger partial charge in [0, 0.05) is 12.2 Å². The van der Waals surface area contributed by atoms with Crippen LogP contribution in [0.2, 0.25) is 0 Å². The Bertz CT molecular complexity index is 405. The first-order chi connectivity index (χ1) is 9.09. The molecule has 0 saturated carbocycles. The highest BCUT2D eigenvalue weighted by Gasteiger charge is 2.13. The van der Waals surface area contributed by atoms with Gasteiger partial charge in [-0.05, 0) is 88.2 Å². The molecule has 0 bridgehead atoms. The van der Waals surface area contributed by atoms with Gasteiger partial charge in [-0.2, -0.15) is 0 Å². The van der Waals surface area contributed by atoms with Crippen molar-refractivity contribution in [3.05, 3.63) is 28.3 Å². The first kappa shape index (κ1) is 14.4. The summed E-state index contributed by atoms with van der Waals surface area (Å²) in [6, 6.07) is 2.29. The molecule has 1 saturated heterocycles. The molecule has 1 atom stereocenters. The molecular formula is C17H28N2. The lowest BCUT2D eigenvalue weighted by Crippen LogP contribution is -2.30. The standard InChI is InChI=1S/C17H28N2/c1-12-10-13(2)15(4)17(14(12)3)19-9-7-16-6-5-8-18-11-16/h10,16,18-19H,5-9,11H2,1-4H3. The molecule has 1 aromatic carbocycles. The van der Waals surface area contributed by atoms with Gasteiger partial charge in [-0.1, -0.05) is 6.07 Å². The highest BCUT2D eigenvalue weighted by molar-refractivity contribution is 5.62. The van der Waals surface area contributed by atoms with Crippen LogP contribution in [0, 0.1) is 33.6 Å². The summed E-state index contributed by atoms with van der Waals surface area (Å²) in [7, 11) is 0. The van der Waals surface area contributed by atoms with Crippen molar-refractivity contribution in [1.29, 1.82) is 0 Å². The van der Waals surface area contributed by atoms with E-state index in [0.29, 0.717) is 0 Å². The predicted molar refractivity (Wildman–Crippen MR) is 84.1 cm³/mol. The van der Waals surface area contributed by atoms with E-state index in [1.807, 2.05) is 0 Å². The number of rotatable bonds is 4. The van der Waals surface area contributed by atoms with Crippen LogP contribution in [0.4, 0.5) is 5.69 Å². The Balaban J connectivity index is 1.95. The molecule has 1 aliphatic heterocycles. The number of anilines is 1. The summed E-state index contributed by atoms with van der Waals surface area (Å²) in [6.45, 7) is 12.4. The molecular weight excluding hydrogens is 232 g/mol. The van der Waals surface area contributed by atoms with Crippen molar-refractivity contribution in [2.75, 3.05) is 25.0 Å². The number of benzene rings is 1. The van der Waals surface area contributed by atoms with Gasteiger partial charge in [-0.3, -0.25) is 0 Å². The van der Waals surface area contributed by atoms with Gasteiger partial charge in [0.15, 0.2) is 0 Å². The van der Waals surface area contributed by atoms with E-state index in [-0.39, 0.29) is 0 Å². The molecule has 1 aliphatic rings. The number of hydrogen-bond acceptors (Lipinski definition) is 2. The minimum Gasteiger partial charge on any atom is -0.385 e. The maximum absolute atomic E-state index is 3.68. The third kappa shape index (κ3) is 3.50. The Morgan fingerprint density at radius 1 is 1.16 bits per heavy atom. The van der Waals surface area contributed by atoms with E-state index in [9.17, 15) is 0 Å². The van der Waals surface area contributed by atoms with Crippen LogP contribution in [0.15, 0.2) is 6.07 Å². The summed E-state index contributed by atoms with van der Waals surface area (Å²) in [5.41, 5.74) is 6.96. The Labute approximate surface area is 118 Å². The van der Waals surface area contributed by atoms with Crippen LogP contribution in [0.1, 0.15) is 41.5 Å². The zero-order valence-corrected chi connectivity index (χ0v) is 12.9. The van der Waals surface area contributed by atoms with Crippen LogP contribution in [-0.2, 0) is 0 Å². The minimum atomic E-state index is 0.854. The molecule has 0 spiro atoms. The van der Waals surface area contributed by atoms with Crippen molar-refractivity contribution in [2.24, 2.45) is 5.92 Å². The summed E-state index contributed by atoms with van der Waals surface area (Å²) in [6.07, 6.45) is 4.00. The molecule has 2 heteroatoms. The fourth-order valence-corrected chi connectivity index (χ4v) is 3.05. The second-order valence-corrected chi connectivity index (χ2v) is 6.06. The van der Waals surface area contributed by atoms with Crippen molar-refractivity contribution >= 4 is 5.69 Å². The van der Waals surface area contributed by atoms with Gasteiger partial charge in [-0.15, -0.1) is 0 Å². The average molecular weight is 260 g/mol. The lowest BCUT2D eigenvalue weighted by Gasteiger charge is -2.24. The smallest absolute Gasteiger partial charge is 0.0404 e. The van der Waals surface area contributed by atoms with E-state index >= 15 is 0 Å². The third-order valence-electron chi connectivity index (χ3n) is 4.62. The molecule has 19 heavy (non-hydrogen) atoms. The predicted octanol–water partition coefficient (Wildman–Crippen LogP) is 3.72.